The summed E-state index contributed by atoms with van der Waals surface area (Å²) in [7, 11) is 3.19. The number of nitrogens with one attached hydrogen (secondary N) is 2. The minimum atomic E-state index is -0.114. The van der Waals surface area contributed by atoms with Crippen molar-refractivity contribution in [2.45, 2.75) is 24.9 Å². The molecule has 0 spiro atoms. The number of urea groups is 1. The van der Waals surface area contributed by atoms with E-state index >= 15 is 0 Å². The van der Waals surface area contributed by atoms with E-state index in [2.05, 4.69) is 25.5 Å². The molecule has 196 valence electrons. The lowest BCUT2D eigenvalue weighted by Gasteiger charge is -2.35. The van der Waals surface area contributed by atoms with E-state index in [1.165, 1.54) is 11.8 Å². The van der Waals surface area contributed by atoms with Crippen molar-refractivity contribution in [3.05, 3.63) is 35.0 Å². The van der Waals surface area contributed by atoms with Crippen LogP contribution < -0.4 is 25.0 Å². The molecule has 1 aromatic heterocycles. The summed E-state index contributed by atoms with van der Waals surface area (Å²) in [4.78, 5) is 37.2. The molecule has 0 unspecified atom stereocenters. The standard InChI is InChI=1S/C24H33ClN6O4S/c1-4-8-27-24(33)31-12-10-30(11-13-31)21-15-20(25)28-23(29-21)36-16-22(32)26-9-7-17-5-6-18(34-2)19(14-17)35-3/h5-6,14-15H,4,7-13,16H2,1-3H3,(H,26,32)(H,27,33). The van der Waals surface area contributed by atoms with Crippen LogP contribution in [0.25, 0.3) is 0 Å². The Bertz CT molecular complexity index is 1040. The van der Waals surface area contributed by atoms with E-state index in [9.17, 15) is 9.59 Å². The third kappa shape index (κ3) is 8.06. The Labute approximate surface area is 221 Å². The second-order valence-electron chi connectivity index (χ2n) is 8.12. The lowest BCUT2D eigenvalue weighted by Crippen LogP contribution is -2.52. The quantitative estimate of drug-likeness (QED) is 0.256. The van der Waals surface area contributed by atoms with Crippen LogP contribution in [0.3, 0.4) is 0 Å². The molecule has 0 aliphatic carbocycles. The number of methoxy groups -OCH3 is 2. The molecule has 12 heteroatoms. The summed E-state index contributed by atoms with van der Waals surface area (Å²) in [6, 6.07) is 7.37. The second kappa shape index (κ2) is 14.0. The number of anilines is 1. The van der Waals surface area contributed by atoms with Gasteiger partial charge < -0.3 is 29.9 Å². The highest BCUT2D eigenvalue weighted by molar-refractivity contribution is 7.99. The third-order valence-corrected chi connectivity index (χ3v) is 6.64. The van der Waals surface area contributed by atoms with Crippen molar-refractivity contribution in [1.29, 1.82) is 0 Å². The molecular formula is C24H33ClN6O4S. The number of halogens is 1. The molecule has 0 atom stereocenters. The van der Waals surface area contributed by atoms with Crippen LogP contribution in [0.1, 0.15) is 18.9 Å². The van der Waals surface area contributed by atoms with Gasteiger partial charge in [0.15, 0.2) is 16.7 Å². The maximum Gasteiger partial charge on any atom is 0.317 e. The van der Waals surface area contributed by atoms with E-state index in [0.29, 0.717) is 73.3 Å². The number of nitrogens with zero attached hydrogens (tertiary/aromatic N) is 4. The lowest BCUT2D eigenvalue weighted by molar-refractivity contribution is -0.118. The van der Waals surface area contributed by atoms with E-state index < -0.39 is 0 Å². The Kier molecular flexibility index (Phi) is 10.7. The Balaban J connectivity index is 1.46. The normalized spacial score (nSPS) is 13.3. The van der Waals surface area contributed by atoms with Gasteiger partial charge in [0.25, 0.3) is 0 Å². The zero-order chi connectivity index (χ0) is 25.9. The molecule has 1 aromatic carbocycles. The molecule has 10 nitrogen and oxygen atoms in total. The highest BCUT2D eigenvalue weighted by atomic mass is 35.5. The Morgan fingerprint density at radius 3 is 2.47 bits per heavy atom. The van der Waals surface area contributed by atoms with E-state index in [-0.39, 0.29) is 17.7 Å². The molecule has 36 heavy (non-hydrogen) atoms. The van der Waals surface area contributed by atoms with Crippen LogP contribution in [0.15, 0.2) is 29.4 Å². The highest BCUT2D eigenvalue weighted by Crippen LogP contribution is 2.27. The molecule has 1 aliphatic heterocycles. The first kappa shape index (κ1) is 27.7. The van der Waals surface area contributed by atoms with Gasteiger partial charge in [-0.15, -0.1) is 0 Å². The van der Waals surface area contributed by atoms with Crippen molar-refractivity contribution in [2.75, 3.05) is 64.1 Å². The van der Waals surface area contributed by atoms with Gasteiger partial charge >= 0.3 is 6.03 Å². The molecule has 0 saturated carbocycles. The van der Waals surface area contributed by atoms with E-state index in [1.807, 2.05) is 25.1 Å². The van der Waals surface area contributed by atoms with Crippen LogP contribution in [0.5, 0.6) is 11.5 Å². The molecule has 2 N–H and O–H groups in total. The van der Waals surface area contributed by atoms with Gasteiger partial charge in [-0.2, -0.15) is 0 Å². The molecule has 2 heterocycles. The maximum absolute atomic E-state index is 12.4. The van der Waals surface area contributed by atoms with Crippen molar-refractivity contribution in [3.63, 3.8) is 0 Å². The minimum absolute atomic E-state index is 0.0365. The Morgan fingerprint density at radius 2 is 1.78 bits per heavy atom. The average Bonchev–Trinajstić information content (AvgIpc) is 2.90. The fraction of sp³-hybridized carbons (Fsp3) is 0.500. The third-order valence-electron chi connectivity index (χ3n) is 5.59. The van der Waals surface area contributed by atoms with Crippen molar-refractivity contribution in [3.8, 4) is 11.5 Å². The summed E-state index contributed by atoms with van der Waals surface area (Å²) in [5, 5.41) is 6.58. The minimum Gasteiger partial charge on any atom is -0.493 e. The number of thioether (sulfide) groups is 1. The number of piperazine rings is 1. The summed E-state index contributed by atoms with van der Waals surface area (Å²) >= 11 is 7.47. The van der Waals surface area contributed by atoms with Gasteiger partial charge in [0.05, 0.1) is 20.0 Å². The van der Waals surface area contributed by atoms with Gasteiger partial charge in [-0.1, -0.05) is 36.4 Å². The number of benzene rings is 1. The monoisotopic (exact) mass is 536 g/mol. The van der Waals surface area contributed by atoms with Crippen molar-refractivity contribution in [2.24, 2.45) is 0 Å². The number of ether oxygens (including phenoxy) is 2. The molecular weight excluding hydrogens is 504 g/mol. The molecule has 1 saturated heterocycles. The first-order valence-electron chi connectivity index (χ1n) is 11.9. The van der Waals surface area contributed by atoms with Crippen LogP contribution in [0.4, 0.5) is 10.6 Å². The fourth-order valence-corrected chi connectivity index (χ4v) is 4.57. The van der Waals surface area contributed by atoms with Gasteiger partial charge in [-0.3, -0.25) is 4.79 Å². The summed E-state index contributed by atoms with van der Waals surface area (Å²) in [6.45, 7) is 5.68. The molecule has 0 bridgehead atoms. The number of hydrogen-bond donors (Lipinski definition) is 2. The predicted octanol–water partition coefficient (Wildman–Crippen LogP) is 2.84. The Hall–Kier alpha value is -2.92. The lowest BCUT2D eigenvalue weighted by atomic mass is 10.1. The van der Waals surface area contributed by atoms with E-state index in [4.69, 9.17) is 21.1 Å². The van der Waals surface area contributed by atoms with Gasteiger partial charge in [0.1, 0.15) is 11.0 Å². The van der Waals surface area contributed by atoms with Gasteiger partial charge in [-0.05, 0) is 30.5 Å². The first-order valence-corrected chi connectivity index (χ1v) is 13.2. The van der Waals surface area contributed by atoms with Crippen LogP contribution in [0.2, 0.25) is 5.15 Å². The number of rotatable bonds is 11. The zero-order valence-electron chi connectivity index (χ0n) is 20.9. The van der Waals surface area contributed by atoms with Gasteiger partial charge in [0, 0.05) is 45.3 Å². The smallest absolute Gasteiger partial charge is 0.317 e. The summed E-state index contributed by atoms with van der Waals surface area (Å²) in [5.74, 6) is 2.09. The average molecular weight is 537 g/mol. The van der Waals surface area contributed by atoms with Gasteiger partial charge in [0.2, 0.25) is 5.91 Å². The van der Waals surface area contributed by atoms with E-state index in [1.54, 1.807) is 25.2 Å². The zero-order valence-corrected chi connectivity index (χ0v) is 22.5. The fourth-order valence-electron chi connectivity index (χ4n) is 3.66. The first-order chi connectivity index (χ1) is 17.4. The van der Waals surface area contributed by atoms with Crippen LogP contribution in [0, 0.1) is 0 Å². The Morgan fingerprint density at radius 1 is 1.03 bits per heavy atom. The maximum atomic E-state index is 12.4. The molecule has 0 radical (unpaired) electrons. The van der Waals surface area contributed by atoms with Gasteiger partial charge in [-0.25, -0.2) is 14.8 Å². The summed E-state index contributed by atoms with van der Waals surface area (Å²) < 4.78 is 10.6. The number of carbonyl (C=O) groups excluding carboxylic acids is 2. The van der Waals surface area contributed by atoms with Crippen LogP contribution in [-0.2, 0) is 11.2 Å². The highest BCUT2D eigenvalue weighted by Gasteiger charge is 2.22. The number of aromatic nitrogens is 2. The van der Waals surface area contributed by atoms with E-state index in [0.717, 1.165) is 12.0 Å². The van der Waals surface area contributed by atoms with Crippen LogP contribution >= 0.6 is 23.4 Å². The van der Waals surface area contributed by atoms with Crippen LogP contribution in [-0.4, -0.2) is 86.0 Å². The second-order valence-corrected chi connectivity index (χ2v) is 9.45. The largest absolute Gasteiger partial charge is 0.493 e. The number of amides is 3. The SMILES string of the molecule is CCCNC(=O)N1CCN(c2cc(Cl)nc(SCC(=O)NCCc3ccc(OC)c(OC)c3)n2)CC1. The topological polar surface area (TPSA) is 109 Å². The summed E-state index contributed by atoms with van der Waals surface area (Å²) in [6.07, 6.45) is 1.57. The molecule has 3 amide bonds. The molecule has 1 fully saturated rings. The number of carbonyl (C=O) groups is 2. The van der Waals surface area contributed by atoms with Crippen molar-refractivity contribution < 1.29 is 19.1 Å². The van der Waals surface area contributed by atoms with Crippen molar-refractivity contribution >= 4 is 41.1 Å². The van der Waals surface area contributed by atoms with Crippen molar-refractivity contribution in [1.82, 2.24) is 25.5 Å². The number of hydrogen-bond acceptors (Lipinski definition) is 8. The molecule has 1 aliphatic rings. The molecule has 2 aromatic rings. The predicted molar refractivity (Wildman–Crippen MR) is 142 cm³/mol. The molecule has 3 rings (SSSR count). The summed E-state index contributed by atoms with van der Waals surface area (Å²) in [5.41, 5.74) is 1.03.